The van der Waals surface area contributed by atoms with Crippen molar-refractivity contribution in [2.24, 2.45) is 4.99 Å². The fourth-order valence-electron chi connectivity index (χ4n) is 3.18. The minimum atomic E-state index is 0. The molecular weight excluding hydrogens is 453 g/mol. The van der Waals surface area contributed by atoms with Crippen molar-refractivity contribution in [3.63, 3.8) is 0 Å². The van der Waals surface area contributed by atoms with E-state index >= 15 is 0 Å². The maximum Gasteiger partial charge on any atom is 0.191 e. The van der Waals surface area contributed by atoms with Gasteiger partial charge < -0.3 is 20.3 Å². The van der Waals surface area contributed by atoms with Gasteiger partial charge in [0.15, 0.2) is 5.96 Å². The van der Waals surface area contributed by atoms with Crippen molar-refractivity contribution in [3.8, 4) is 5.75 Å². The predicted octanol–water partition coefficient (Wildman–Crippen LogP) is 2.96. The molecule has 1 saturated heterocycles. The molecule has 27 heavy (non-hydrogen) atoms. The molecule has 1 fully saturated rings. The number of rotatable bonds is 5. The van der Waals surface area contributed by atoms with Gasteiger partial charge in [-0.15, -0.1) is 24.0 Å². The van der Waals surface area contributed by atoms with Crippen molar-refractivity contribution in [2.75, 3.05) is 32.1 Å². The Kier molecular flexibility index (Phi) is 8.15. The number of hydrogen-bond donors (Lipinski definition) is 2. The van der Waals surface area contributed by atoms with E-state index in [1.165, 1.54) is 11.3 Å². The first kappa shape index (κ1) is 21.3. The lowest BCUT2D eigenvalue weighted by Gasteiger charge is -2.21. The second kappa shape index (κ2) is 10.3. The van der Waals surface area contributed by atoms with Crippen molar-refractivity contribution in [1.29, 1.82) is 0 Å². The number of aryl methyl sites for hydroxylation is 1. The standard InChI is InChI=1S/C20H27N5O.HI/c1-15-6-5-10-22-19(15)13-23-20(21-2)24-16-9-11-25(14-16)17-7-4-8-18(12-17)26-3;/h4-8,10,12,16H,9,11,13-14H2,1-3H3,(H2,21,23,24);1H. The smallest absolute Gasteiger partial charge is 0.191 e. The molecule has 0 amide bonds. The highest BCUT2D eigenvalue weighted by Crippen LogP contribution is 2.24. The molecule has 6 nitrogen and oxygen atoms in total. The van der Waals surface area contributed by atoms with Crippen LogP contribution in [0.25, 0.3) is 0 Å². The molecule has 0 bridgehead atoms. The van der Waals surface area contributed by atoms with E-state index < -0.39 is 0 Å². The van der Waals surface area contributed by atoms with Gasteiger partial charge in [-0.1, -0.05) is 12.1 Å². The summed E-state index contributed by atoms with van der Waals surface area (Å²) in [6, 6.07) is 12.6. The minimum absolute atomic E-state index is 0. The third-order valence-corrected chi connectivity index (χ3v) is 4.71. The summed E-state index contributed by atoms with van der Waals surface area (Å²) in [5.74, 6) is 1.70. The van der Waals surface area contributed by atoms with Gasteiger partial charge in [0, 0.05) is 44.1 Å². The number of aliphatic imine (C=N–C) groups is 1. The average Bonchev–Trinajstić information content (AvgIpc) is 3.15. The van der Waals surface area contributed by atoms with E-state index in [1.54, 1.807) is 14.2 Å². The van der Waals surface area contributed by atoms with Crippen LogP contribution in [-0.4, -0.2) is 44.2 Å². The van der Waals surface area contributed by atoms with Crippen LogP contribution < -0.4 is 20.3 Å². The lowest BCUT2D eigenvalue weighted by atomic mass is 10.2. The van der Waals surface area contributed by atoms with Crippen LogP contribution in [0.3, 0.4) is 0 Å². The topological polar surface area (TPSA) is 61.8 Å². The zero-order valence-corrected chi connectivity index (χ0v) is 18.4. The summed E-state index contributed by atoms with van der Waals surface area (Å²) in [5, 5.41) is 6.89. The Bertz CT molecular complexity index is 768. The third-order valence-electron chi connectivity index (χ3n) is 4.71. The third kappa shape index (κ3) is 5.72. The number of anilines is 1. The summed E-state index contributed by atoms with van der Waals surface area (Å²) < 4.78 is 5.33. The maximum atomic E-state index is 5.33. The predicted molar refractivity (Wildman–Crippen MR) is 121 cm³/mol. The van der Waals surface area contributed by atoms with Gasteiger partial charge >= 0.3 is 0 Å². The number of guanidine groups is 1. The van der Waals surface area contributed by atoms with Crippen LogP contribution in [0.5, 0.6) is 5.75 Å². The van der Waals surface area contributed by atoms with E-state index in [0.29, 0.717) is 12.6 Å². The number of aromatic nitrogens is 1. The molecular formula is C20H28IN5O. The van der Waals surface area contributed by atoms with Crippen LogP contribution in [0.15, 0.2) is 47.6 Å². The Morgan fingerprint density at radius 1 is 1.33 bits per heavy atom. The number of benzene rings is 1. The lowest BCUT2D eigenvalue weighted by Crippen LogP contribution is -2.44. The zero-order chi connectivity index (χ0) is 18.4. The molecule has 0 radical (unpaired) electrons. The second-order valence-corrected chi connectivity index (χ2v) is 6.47. The maximum absolute atomic E-state index is 5.33. The molecule has 3 rings (SSSR count). The lowest BCUT2D eigenvalue weighted by molar-refractivity contribution is 0.415. The largest absolute Gasteiger partial charge is 0.497 e. The number of pyridine rings is 1. The van der Waals surface area contributed by atoms with E-state index in [1.807, 2.05) is 24.4 Å². The first-order valence-corrected chi connectivity index (χ1v) is 8.96. The highest BCUT2D eigenvalue weighted by atomic mass is 127. The van der Waals surface area contributed by atoms with Crippen LogP contribution in [0.4, 0.5) is 5.69 Å². The van der Waals surface area contributed by atoms with Crippen molar-refractivity contribution in [3.05, 3.63) is 53.9 Å². The van der Waals surface area contributed by atoms with Crippen molar-refractivity contribution in [1.82, 2.24) is 15.6 Å². The van der Waals surface area contributed by atoms with E-state index in [2.05, 4.69) is 50.6 Å². The number of hydrogen-bond acceptors (Lipinski definition) is 4. The normalized spacial score (nSPS) is 16.6. The number of nitrogens with one attached hydrogen (secondary N) is 2. The molecule has 2 aromatic rings. The molecule has 2 heterocycles. The number of halogens is 1. The van der Waals surface area contributed by atoms with Gasteiger partial charge in [-0.3, -0.25) is 9.98 Å². The molecule has 1 unspecified atom stereocenters. The van der Waals surface area contributed by atoms with Crippen LogP contribution >= 0.6 is 24.0 Å². The summed E-state index contributed by atoms with van der Waals surface area (Å²) >= 11 is 0. The summed E-state index contributed by atoms with van der Waals surface area (Å²) in [5.41, 5.74) is 3.42. The van der Waals surface area contributed by atoms with E-state index in [4.69, 9.17) is 4.74 Å². The van der Waals surface area contributed by atoms with Gasteiger partial charge in [0.05, 0.1) is 19.3 Å². The SMILES string of the molecule is CN=C(NCc1ncccc1C)NC1CCN(c2cccc(OC)c2)C1.I. The highest BCUT2D eigenvalue weighted by Gasteiger charge is 2.23. The Hall–Kier alpha value is -2.03. The van der Waals surface area contributed by atoms with Crippen LogP contribution in [0.2, 0.25) is 0 Å². The number of nitrogens with zero attached hydrogens (tertiary/aromatic N) is 3. The Morgan fingerprint density at radius 2 is 2.19 bits per heavy atom. The van der Waals surface area contributed by atoms with Gasteiger partial charge in [0.1, 0.15) is 5.75 Å². The summed E-state index contributed by atoms with van der Waals surface area (Å²) in [6.45, 7) is 4.69. The van der Waals surface area contributed by atoms with Crippen molar-refractivity contribution < 1.29 is 4.74 Å². The summed E-state index contributed by atoms with van der Waals surface area (Å²) in [4.78, 5) is 11.1. The molecule has 0 spiro atoms. The summed E-state index contributed by atoms with van der Waals surface area (Å²) in [6.07, 6.45) is 2.89. The van der Waals surface area contributed by atoms with Gasteiger partial charge in [-0.05, 0) is 37.1 Å². The first-order chi connectivity index (χ1) is 12.7. The fraction of sp³-hybridized carbons (Fsp3) is 0.400. The Morgan fingerprint density at radius 3 is 2.93 bits per heavy atom. The van der Waals surface area contributed by atoms with Crippen LogP contribution in [0, 0.1) is 6.92 Å². The molecule has 1 aliphatic heterocycles. The molecule has 146 valence electrons. The summed E-state index contributed by atoms with van der Waals surface area (Å²) in [7, 11) is 3.50. The average molecular weight is 481 g/mol. The molecule has 7 heteroatoms. The van der Waals surface area contributed by atoms with Crippen molar-refractivity contribution >= 4 is 35.6 Å². The quantitative estimate of drug-likeness (QED) is 0.391. The Labute approximate surface area is 178 Å². The molecule has 1 aromatic heterocycles. The van der Waals surface area contributed by atoms with E-state index in [0.717, 1.165) is 36.9 Å². The Balaban J connectivity index is 0.00000261. The van der Waals surface area contributed by atoms with Gasteiger partial charge in [0.25, 0.3) is 0 Å². The fourth-order valence-corrected chi connectivity index (χ4v) is 3.18. The van der Waals surface area contributed by atoms with Crippen LogP contribution in [0.1, 0.15) is 17.7 Å². The van der Waals surface area contributed by atoms with Crippen molar-refractivity contribution in [2.45, 2.75) is 25.9 Å². The van der Waals surface area contributed by atoms with Crippen LogP contribution in [-0.2, 0) is 6.54 Å². The van der Waals surface area contributed by atoms with Gasteiger partial charge in [-0.25, -0.2) is 0 Å². The monoisotopic (exact) mass is 481 g/mol. The molecule has 1 atom stereocenters. The van der Waals surface area contributed by atoms with E-state index in [9.17, 15) is 0 Å². The molecule has 1 aliphatic rings. The number of ether oxygens (including phenoxy) is 1. The molecule has 2 N–H and O–H groups in total. The number of methoxy groups -OCH3 is 1. The minimum Gasteiger partial charge on any atom is -0.497 e. The highest BCUT2D eigenvalue weighted by molar-refractivity contribution is 14.0. The zero-order valence-electron chi connectivity index (χ0n) is 16.1. The van der Waals surface area contributed by atoms with Gasteiger partial charge in [0.2, 0.25) is 0 Å². The molecule has 1 aromatic carbocycles. The second-order valence-electron chi connectivity index (χ2n) is 6.47. The molecule has 0 aliphatic carbocycles. The molecule has 0 saturated carbocycles. The first-order valence-electron chi connectivity index (χ1n) is 8.96. The van der Waals surface area contributed by atoms with Gasteiger partial charge in [-0.2, -0.15) is 0 Å². The van der Waals surface area contributed by atoms with E-state index in [-0.39, 0.29) is 24.0 Å².